The fourth-order valence-corrected chi connectivity index (χ4v) is 6.56. The van der Waals surface area contributed by atoms with Crippen LogP contribution in [0.15, 0.2) is 27.6 Å². The second kappa shape index (κ2) is 6.19. The number of alkyl halides is 1. The van der Waals surface area contributed by atoms with Crippen LogP contribution in [0.25, 0.3) is 0 Å². The molecule has 2 atom stereocenters. The Bertz CT molecular complexity index is 635. The van der Waals surface area contributed by atoms with Crippen molar-refractivity contribution in [3.8, 4) is 0 Å². The van der Waals surface area contributed by atoms with E-state index >= 15 is 0 Å². The van der Waals surface area contributed by atoms with Gasteiger partial charge in [0.25, 0.3) is 0 Å². The third kappa shape index (κ3) is 2.90. The van der Waals surface area contributed by atoms with E-state index in [-0.39, 0.29) is 6.04 Å². The van der Waals surface area contributed by atoms with Gasteiger partial charge in [-0.3, -0.25) is 0 Å². The predicted octanol–water partition coefficient (Wildman–Crippen LogP) is 4.14. The smallest absolute Gasteiger partial charge is 0.207 e. The minimum absolute atomic E-state index is 0.190. The molecule has 1 aromatic rings. The van der Waals surface area contributed by atoms with Crippen molar-refractivity contribution in [1.29, 1.82) is 0 Å². The van der Waals surface area contributed by atoms with E-state index in [9.17, 15) is 8.42 Å². The van der Waals surface area contributed by atoms with Crippen LogP contribution in [0, 0.1) is 5.92 Å². The first-order chi connectivity index (χ1) is 10.0. The number of nitrogens with zero attached hydrogens (tertiary/aromatic N) is 1. The molecule has 21 heavy (non-hydrogen) atoms. The lowest BCUT2D eigenvalue weighted by molar-refractivity contribution is 0.202. The Labute approximate surface area is 139 Å². The summed E-state index contributed by atoms with van der Waals surface area (Å²) < 4.78 is 28.5. The molecular formula is C15H19BrClNO2S. The summed E-state index contributed by atoms with van der Waals surface area (Å²) in [4.78, 5) is 0.355. The molecule has 2 aliphatic rings. The molecule has 2 fully saturated rings. The molecule has 0 amide bonds. The van der Waals surface area contributed by atoms with Crippen molar-refractivity contribution in [2.75, 3.05) is 6.54 Å². The second-order valence-electron chi connectivity index (χ2n) is 5.91. The summed E-state index contributed by atoms with van der Waals surface area (Å²) in [6, 6.07) is 5.52. The van der Waals surface area contributed by atoms with Crippen LogP contribution in [0.5, 0.6) is 0 Å². The average molecular weight is 393 g/mol. The first-order valence-corrected chi connectivity index (χ1v) is 10.2. The third-order valence-electron chi connectivity index (χ3n) is 4.68. The molecule has 1 aliphatic heterocycles. The maximum atomic E-state index is 13.1. The number of rotatable bonds is 3. The highest BCUT2D eigenvalue weighted by atomic mass is 79.9. The van der Waals surface area contributed by atoms with E-state index in [0.717, 1.165) is 24.8 Å². The molecule has 1 heterocycles. The molecule has 1 saturated heterocycles. The molecule has 0 bridgehead atoms. The minimum Gasteiger partial charge on any atom is -0.207 e. The normalized spacial score (nSPS) is 26.8. The van der Waals surface area contributed by atoms with E-state index in [1.165, 1.54) is 12.8 Å². The second-order valence-corrected chi connectivity index (χ2v) is 8.90. The summed E-state index contributed by atoms with van der Waals surface area (Å²) in [5, 5.41) is 0. The Kier molecular flexibility index (Phi) is 4.65. The topological polar surface area (TPSA) is 37.4 Å². The lowest BCUT2D eigenvalue weighted by atomic mass is 9.94. The first kappa shape index (κ1) is 15.8. The number of sulfonamides is 1. The Morgan fingerprint density at radius 3 is 2.76 bits per heavy atom. The van der Waals surface area contributed by atoms with Crippen LogP contribution in [0.1, 0.15) is 37.7 Å². The van der Waals surface area contributed by atoms with Crippen molar-refractivity contribution >= 4 is 37.6 Å². The van der Waals surface area contributed by atoms with Gasteiger partial charge in [-0.25, -0.2) is 8.42 Å². The number of fused-ring (bicyclic) bond motifs is 1. The van der Waals surface area contributed by atoms with Crippen molar-refractivity contribution in [2.24, 2.45) is 5.92 Å². The zero-order valence-corrected chi connectivity index (χ0v) is 14.9. The largest absolute Gasteiger partial charge is 0.244 e. The van der Waals surface area contributed by atoms with E-state index in [1.54, 1.807) is 16.4 Å². The van der Waals surface area contributed by atoms with Crippen molar-refractivity contribution < 1.29 is 8.42 Å². The van der Waals surface area contributed by atoms with Crippen molar-refractivity contribution in [3.63, 3.8) is 0 Å². The molecule has 1 saturated carbocycles. The Balaban J connectivity index is 2.00. The van der Waals surface area contributed by atoms with Gasteiger partial charge in [0, 0.05) is 22.9 Å². The van der Waals surface area contributed by atoms with Crippen LogP contribution in [-0.4, -0.2) is 25.3 Å². The van der Waals surface area contributed by atoms with E-state index in [4.69, 9.17) is 11.6 Å². The van der Waals surface area contributed by atoms with E-state index in [1.807, 2.05) is 6.07 Å². The highest BCUT2D eigenvalue weighted by Gasteiger charge is 2.41. The summed E-state index contributed by atoms with van der Waals surface area (Å²) >= 11 is 9.24. The van der Waals surface area contributed by atoms with Crippen molar-refractivity contribution in [1.82, 2.24) is 4.31 Å². The van der Waals surface area contributed by atoms with Gasteiger partial charge in [-0.05, 0) is 65.2 Å². The van der Waals surface area contributed by atoms with Crippen LogP contribution in [0.2, 0.25) is 0 Å². The summed E-state index contributed by atoms with van der Waals surface area (Å²) in [5.74, 6) is 0.866. The average Bonchev–Trinajstić information content (AvgIpc) is 2.95. The zero-order chi connectivity index (χ0) is 15.0. The van der Waals surface area contributed by atoms with Crippen molar-refractivity contribution in [3.05, 3.63) is 28.2 Å². The Morgan fingerprint density at radius 2 is 2.00 bits per heavy atom. The fraction of sp³-hybridized carbons (Fsp3) is 0.600. The van der Waals surface area contributed by atoms with Gasteiger partial charge in [0.05, 0.1) is 4.90 Å². The zero-order valence-electron chi connectivity index (χ0n) is 11.8. The Morgan fingerprint density at radius 1 is 1.24 bits per heavy atom. The fourth-order valence-electron chi connectivity index (χ4n) is 3.66. The Hall–Kier alpha value is -0.100. The van der Waals surface area contributed by atoms with Gasteiger partial charge in [-0.2, -0.15) is 4.31 Å². The molecule has 1 aromatic carbocycles. The van der Waals surface area contributed by atoms with Gasteiger partial charge in [0.2, 0.25) is 10.0 Å². The summed E-state index contributed by atoms with van der Waals surface area (Å²) in [5.41, 5.74) is 0.832. The molecule has 3 nitrogen and oxygen atoms in total. The summed E-state index contributed by atoms with van der Waals surface area (Å²) in [6.45, 7) is 0.640. The van der Waals surface area contributed by atoms with Gasteiger partial charge >= 0.3 is 0 Å². The van der Waals surface area contributed by atoms with E-state index in [2.05, 4.69) is 15.9 Å². The van der Waals surface area contributed by atoms with Crippen LogP contribution in [0.3, 0.4) is 0 Å². The highest BCUT2D eigenvalue weighted by Crippen LogP contribution is 2.40. The van der Waals surface area contributed by atoms with Crippen LogP contribution >= 0.6 is 27.5 Å². The third-order valence-corrected chi connectivity index (χ3v) is 7.91. The number of piperidine rings is 1. The van der Waals surface area contributed by atoms with Gasteiger partial charge in [0.15, 0.2) is 0 Å². The van der Waals surface area contributed by atoms with Crippen LogP contribution in [0.4, 0.5) is 0 Å². The van der Waals surface area contributed by atoms with Crippen LogP contribution < -0.4 is 0 Å². The minimum atomic E-state index is -3.45. The first-order valence-electron chi connectivity index (χ1n) is 7.40. The molecule has 2 unspecified atom stereocenters. The van der Waals surface area contributed by atoms with Gasteiger partial charge in [-0.1, -0.05) is 12.5 Å². The van der Waals surface area contributed by atoms with Gasteiger partial charge in [-0.15, -0.1) is 11.6 Å². The van der Waals surface area contributed by atoms with E-state index in [0.29, 0.717) is 27.7 Å². The van der Waals surface area contributed by atoms with E-state index < -0.39 is 10.0 Å². The number of hydrogen-bond donors (Lipinski definition) is 0. The van der Waals surface area contributed by atoms with Gasteiger partial charge in [0.1, 0.15) is 0 Å². The standard InChI is InChI=1S/C15H19BrClNO2S/c16-13-7-6-11(10-17)9-15(13)21(19,20)18-8-2-4-12-3-1-5-14(12)18/h6-7,9,12,14H,1-5,8,10H2. The maximum Gasteiger partial charge on any atom is 0.244 e. The molecule has 0 aromatic heterocycles. The maximum absolute atomic E-state index is 13.1. The molecule has 0 radical (unpaired) electrons. The summed E-state index contributed by atoms with van der Waals surface area (Å²) in [6.07, 6.45) is 5.44. The molecule has 0 N–H and O–H groups in total. The molecule has 3 rings (SSSR count). The highest BCUT2D eigenvalue weighted by molar-refractivity contribution is 9.10. The molecule has 6 heteroatoms. The van der Waals surface area contributed by atoms with Gasteiger partial charge < -0.3 is 0 Å². The SMILES string of the molecule is O=S(=O)(c1cc(CCl)ccc1Br)N1CCCC2CCCC21. The number of benzene rings is 1. The lowest BCUT2D eigenvalue weighted by Gasteiger charge is -2.36. The monoisotopic (exact) mass is 391 g/mol. The van der Waals surface area contributed by atoms with Crippen molar-refractivity contribution in [2.45, 2.75) is 48.9 Å². The lowest BCUT2D eigenvalue weighted by Crippen LogP contribution is -2.46. The number of halogens is 2. The quantitative estimate of drug-likeness (QED) is 0.725. The molecule has 116 valence electrons. The number of hydrogen-bond acceptors (Lipinski definition) is 2. The molecule has 0 spiro atoms. The van der Waals surface area contributed by atoms with Crippen LogP contribution in [-0.2, 0) is 15.9 Å². The molecular weight excluding hydrogens is 374 g/mol. The predicted molar refractivity (Wildman–Crippen MR) is 88.0 cm³/mol. The molecule has 1 aliphatic carbocycles. The summed E-state index contributed by atoms with van der Waals surface area (Å²) in [7, 11) is -3.45.